The van der Waals surface area contributed by atoms with Gasteiger partial charge >= 0.3 is 15.6 Å². The van der Waals surface area contributed by atoms with E-state index in [0.29, 0.717) is 16.4 Å². The van der Waals surface area contributed by atoms with Crippen LogP contribution in [0.5, 0.6) is 5.75 Å². The summed E-state index contributed by atoms with van der Waals surface area (Å²) in [5, 5.41) is 6.51. The Balaban J connectivity index is 1.80. The van der Waals surface area contributed by atoms with Crippen LogP contribution >= 0.6 is 0 Å². The first-order chi connectivity index (χ1) is 14.7. The summed E-state index contributed by atoms with van der Waals surface area (Å²) in [7, 11) is -5.81. The summed E-state index contributed by atoms with van der Waals surface area (Å²) >= 11 is 0. The molecule has 5 aromatic carbocycles. The molecule has 0 unspecified atom stereocenters. The van der Waals surface area contributed by atoms with Gasteiger partial charge in [-0.3, -0.25) is 0 Å². The fraction of sp³-hybridized carbons (Fsp3) is 0.0435. The Labute approximate surface area is 172 Å². The van der Waals surface area contributed by atoms with Crippen molar-refractivity contribution in [3.8, 4) is 5.75 Å². The fourth-order valence-electron chi connectivity index (χ4n) is 4.31. The zero-order valence-electron chi connectivity index (χ0n) is 15.5. The minimum atomic E-state index is -5.81. The fourth-order valence-corrected chi connectivity index (χ4v) is 4.75. The molecule has 0 aliphatic heterocycles. The Morgan fingerprint density at radius 3 is 2.03 bits per heavy atom. The van der Waals surface area contributed by atoms with E-state index in [9.17, 15) is 21.6 Å². The molecule has 8 heteroatoms. The van der Waals surface area contributed by atoms with Gasteiger partial charge in [0.15, 0.2) is 0 Å². The lowest BCUT2D eigenvalue weighted by Crippen LogP contribution is -2.28. The second-order valence-corrected chi connectivity index (χ2v) is 8.86. The van der Waals surface area contributed by atoms with Crippen molar-refractivity contribution >= 4 is 64.4 Å². The maximum absolute atomic E-state index is 12.9. The minimum absolute atomic E-state index is 0.256. The quantitative estimate of drug-likeness (QED) is 0.130. The van der Waals surface area contributed by atoms with Gasteiger partial charge in [0.05, 0.1) is 0 Å². The lowest BCUT2D eigenvalue weighted by molar-refractivity contribution is -0.0500. The molecule has 0 spiro atoms. The summed E-state index contributed by atoms with van der Waals surface area (Å²) in [5.74, 6) is -0.457. The van der Waals surface area contributed by atoms with Crippen LogP contribution < -0.4 is 4.18 Å². The number of alkyl halides is 3. The highest BCUT2D eigenvalue weighted by Gasteiger charge is 2.48. The van der Waals surface area contributed by atoms with Crippen LogP contribution in [0.4, 0.5) is 13.2 Å². The number of hydrogen-bond acceptors (Lipinski definition) is 4. The normalized spacial score (nSPS) is 13.3. The summed E-state index contributed by atoms with van der Waals surface area (Å²) in [6.45, 7) is 0. The SMILES string of the molecule is O=S(=O)(Oc1cc2oc3c4ccccc4cc4c5ccccc5c(c1)c2c43)C(F)(F)F. The van der Waals surface area contributed by atoms with Crippen molar-refractivity contribution in [2.45, 2.75) is 5.51 Å². The predicted octanol–water partition coefficient (Wildman–Crippen LogP) is 6.71. The molecule has 4 nitrogen and oxygen atoms in total. The van der Waals surface area contributed by atoms with Crippen molar-refractivity contribution in [1.82, 2.24) is 0 Å². The molecule has 0 N–H and O–H groups in total. The van der Waals surface area contributed by atoms with Gasteiger partial charge in [-0.05, 0) is 39.1 Å². The van der Waals surface area contributed by atoms with Gasteiger partial charge < -0.3 is 8.60 Å². The van der Waals surface area contributed by atoms with Crippen LogP contribution in [0.15, 0.2) is 71.1 Å². The highest BCUT2D eigenvalue weighted by Crippen LogP contribution is 2.46. The molecule has 0 saturated carbocycles. The molecule has 6 rings (SSSR count). The number of fused-ring (bicyclic) bond motifs is 5. The molecule has 0 fully saturated rings. The third kappa shape index (κ3) is 2.45. The van der Waals surface area contributed by atoms with Crippen LogP contribution in [0.3, 0.4) is 0 Å². The molecule has 0 radical (unpaired) electrons. The maximum Gasteiger partial charge on any atom is 0.534 e. The summed E-state index contributed by atoms with van der Waals surface area (Å²) in [5.41, 5.74) is -4.68. The molecule has 0 amide bonds. The number of hydrogen-bond donors (Lipinski definition) is 0. The topological polar surface area (TPSA) is 56.5 Å². The molecule has 1 heterocycles. The summed E-state index contributed by atoms with van der Waals surface area (Å²) < 4.78 is 72.3. The second kappa shape index (κ2) is 5.79. The van der Waals surface area contributed by atoms with Crippen molar-refractivity contribution in [2.24, 2.45) is 0 Å². The first kappa shape index (κ1) is 18.3. The van der Waals surface area contributed by atoms with Gasteiger partial charge in [-0.15, -0.1) is 0 Å². The van der Waals surface area contributed by atoms with Crippen LogP contribution in [-0.2, 0) is 10.1 Å². The van der Waals surface area contributed by atoms with E-state index in [-0.39, 0.29) is 5.58 Å². The first-order valence-electron chi connectivity index (χ1n) is 9.27. The number of furan rings is 1. The molecular formula is C23H11F3O4S. The van der Waals surface area contributed by atoms with Crippen LogP contribution in [0.25, 0.3) is 54.3 Å². The zero-order chi connectivity index (χ0) is 21.5. The molecule has 0 saturated heterocycles. The molecule has 0 aliphatic rings. The van der Waals surface area contributed by atoms with Gasteiger partial charge in [-0.1, -0.05) is 48.5 Å². The largest absolute Gasteiger partial charge is 0.534 e. The van der Waals surface area contributed by atoms with Gasteiger partial charge in [0.2, 0.25) is 0 Å². The van der Waals surface area contributed by atoms with Gasteiger partial charge in [0.1, 0.15) is 16.9 Å². The van der Waals surface area contributed by atoms with Crippen LogP contribution in [-0.4, -0.2) is 13.9 Å². The Hall–Kier alpha value is -3.52. The minimum Gasteiger partial charge on any atom is -0.455 e. The molecule has 0 aliphatic carbocycles. The van der Waals surface area contributed by atoms with E-state index in [4.69, 9.17) is 4.42 Å². The molecule has 6 aromatic rings. The third-order valence-corrected chi connectivity index (χ3v) is 6.51. The molecule has 31 heavy (non-hydrogen) atoms. The summed E-state index contributed by atoms with van der Waals surface area (Å²) in [4.78, 5) is 0. The van der Waals surface area contributed by atoms with Crippen molar-refractivity contribution < 1.29 is 30.2 Å². The van der Waals surface area contributed by atoms with Gasteiger partial charge in [-0.2, -0.15) is 21.6 Å². The van der Waals surface area contributed by atoms with Crippen LogP contribution in [0.1, 0.15) is 0 Å². The van der Waals surface area contributed by atoms with Crippen LogP contribution in [0.2, 0.25) is 0 Å². The van der Waals surface area contributed by atoms with Crippen LogP contribution in [0, 0.1) is 0 Å². The standard InChI is InChI=1S/C23H11F3O4S/c24-23(25,26)31(27,28)30-13-10-18-16-8-4-3-7-15(16)17-9-12-5-1-2-6-14(12)22-21(17)20(18)19(11-13)29-22/h1-11H. The summed E-state index contributed by atoms with van der Waals surface area (Å²) in [6, 6.07) is 19.7. The monoisotopic (exact) mass is 440 g/mol. The average molecular weight is 440 g/mol. The second-order valence-electron chi connectivity index (χ2n) is 7.32. The predicted molar refractivity (Wildman–Crippen MR) is 113 cm³/mol. The van der Waals surface area contributed by atoms with E-state index in [0.717, 1.165) is 32.3 Å². The Kier molecular flexibility index (Phi) is 3.41. The lowest BCUT2D eigenvalue weighted by Gasteiger charge is -2.12. The zero-order valence-corrected chi connectivity index (χ0v) is 16.3. The van der Waals surface area contributed by atoms with E-state index in [1.54, 1.807) is 0 Å². The van der Waals surface area contributed by atoms with Gasteiger partial charge in [0.25, 0.3) is 0 Å². The van der Waals surface area contributed by atoms with Crippen molar-refractivity contribution in [3.63, 3.8) is 0 Å². The molecule has 154 valence electrons. The van der Waals surface area contributed by atoms with E-state index in [1.165, 1.54) is 12.1 Å². The number of benzene rings is 5. The smallest absolute Gasteiger partial charge is 0.455 e. The van der Waals surface area contributed by atoms with Gasteiger partial charge in [-0.25, -0.2) is 0 Å². The Morgan fingerprint density at radius 1 is 0.742 bits per heavy atom. The average Bonchev–Trinajstić information content (AvgIpc) is 3.11. The van der Waals surface area contributed by atoms with E-state index in [1.807, 2.05) is 48.5 Å². The lowest BCUT2D eigenvalue weighted by atomic mass is 9.92. The van der Waals surface area contributed by atoms with Crippen molar-refractivity contribution in [3.05, 3.63) is 66.7 Å². The Morgan fingerprint density at radius 2 is 1.35 bits per heavy atom. The van der Waals surface area contributed by atoms with Crippen molar-refractivity contribution in [1.29, 1.82) is 0 Å². The maximum atomic E-state index is 12.9. The third-order valence-electron chi connectivity index (χ3n) is 5.54. The van der Waals surface area contributed by atoms with E-state index >= 15 is 0 Å². The highest BCUT2D eigenvalue weighted by atomic mass is 32.2. The van der Waals surface area contributed by atoms with E-state index in [2.05, 4.69) is 10.2 Å². The highest BCUT2D eigenvalue weighted by molar-refractivity contribution is 7.88. The van der Waals surface area contributed by atoms with E-state index < -0.39 is 21.4 Å². The molecule has 1 aromatic heterocycles. The molecule has 0 bridgehead atoms. The van der Waals surface area contributed by atoms with Crippen molar-refractivity contribution in [2.75, 3.05) is 0 Å². The Bertz CT molecular complexity index is 1770. The molecule has 0 atom stereocenters. The summed E-state index contributed by atoms with van der Waals surface area (Å²) in [6.07, 6.45) is 0. The first-order valence-corrected chi connectivity index (χ1v) is 10.7. The number of rotatable bonds is 2. The molecular weight excluding hydrogens is 429 g/mol. The van der Waals surface area contributed by atoms with Gasteiger partial charge in [0, 0.05) is 22.2 Å². The number of halogens is 3.